The normalized spacial score (nSPS) is 15.0. The highest BCUT2D eigenvalue weighted by Gasteiger charge is 2.23. The molecule has 1 aliphatic heterocycles. The summed E-state index contributed by atoms with van der Waals surface area (Å²) >= 11 is 3.32. The molecule has 26 heavy (non-hydrogen) atoms. The first-order valence-electron chi connectivity index (χ1n) is 8.55. The van der Waals surface area contributed by atoms with Gasteiger partial charge in [-0.1, -0.05) is 30.3 Å². The van der Waals surface area contributed by atoms with Crippen molar-refractivity contribution < 1.29 is 0 Å². The standard InChI is InChI=1S/C21H16N2OS2/c1-13-7-8-16(26-13)11-15-9-10-23-19(15)22-20-18(21(23)24)17(12-25-20)14-5-3-2-4-6-14/h2-8,11-12H,9-10H2,1H3/b15-11+. The van der Waals surface area contributed by atoms with Crippen molar-refractivity contribution in [2.24, 2.45) is 0 Å². The van der Waals surface area contributed by atoms with Crippen molar-refractivity contribution in [2.45, 2.75) is 19.9 Å². The topological polar surface area (TPSA) is 34.9 Å². The summed E-state index contributed by atoms with van der Waals surface area (Å²) in [6, 6.07) is 14.3. The maximum absolute atomic E-state index is 13.2. The number of aryl methyl sites for hydroxylation is 1. The minimum atomic E-state index is 0.0795. The number of allylic oxidation sites excluding steroid dienone is 1. The summed E-state index contributed by atoms with van der Waals surface area (Å²) in [4.78, 5) is 21.4. The molecule has 0 saturated carbocycles. The van der Waals surface area contributed by atoms with Crippen LogP contribution in [0.15, 0.2) is 52.6 Å². The Kier molecular flexibility index (Phi) is 3.65. The van der Waals surface area contributed by atoms with Gasteiger partial charge in [-0.3, -0.25) is 9.36 Å². The first-order chi connectivity index (χ1) is 12.7. The van der Waals surface area contributed by atoms with Gasteiger partial charge < -0.3 is 0 Å². The van der Waals surface area contributed by atoms with E-state index in [1.54, 1.807) is 22.7 Å². The van der Waals surface area contributed by atoms with E-state index >= 15 is 0 Å². The molecule has 0 fully saturated rings. The van der Waals surface area contributed by atoms with Gasteiger partial charge in [0.05, 0.1) is 5.39 Å². The fraction of sp³-hybridized carbons (Fsp3) is 0.143. The van der Waals surface area contributed by atoms with Crippen LogP contribution in [-0.4, -0.2) is 9.55 Å². The van der Waals surface area contributed by atoms with Crippen molar-refractivity contribution in [2.75, 3.05) is 0 Å². The van der Waals surface area contributed by atoms with Crippen molar-refractivity contribution >= 4 is 44.5 Å². The Labute approximate surface area is 158 Å². The monoisotopic (exact) mass is 376 g/mol. The van der Waals surface area contributed by atoms with Crippen LogP contribution in [0.4, 0.5) is 0 Å². The molecule has 0 bridgehead atoms. The van der Waals surface area contributed by atoms with Gasteiger partial charge in [-0.05, 0) is 42.7 Å². The molecule has 4 heterocycles. The summed E-state index contributed by atoms with van der Waals surface area (Å²) in [7, 11) is 0. The molecule has 5 rings (SSSR count). The van der Waals surface area contributed by atoms with E-state index in [0.717, 1.165) is 39.2 Å². The lowest BCUT2D eigenvalue weighted by Gasteiger charge is -2.04. The zero-order valence-corrected chi connectivity index (χ0v) is 15.9. The van der Waals surface area contributed by atoms with Gasteiger partial charge >= 0.3 is 0 Å². The minimum Gasteiger partial charge on any atom is -0.292 e. The van der Waals surface area contributed by atoms with Gasteiger partial charge in [-0.25, -0.2) is 4.98 Å². The van der Waals surface area contributed by atoms with Crippen molar-refractivity contribution in [3.05, 3.63) is 73.8 Å². The van der Waals surface area contributed by atoms with Crippen LogP contribution < -0.4 is 5.56 Å². The molecular weight excluding hydrogens is 360 g/mol. The third-order valence-electron chi connectivity index (χ3n) is 4.75. The van der Waals surface area contributed by atoms with E-state index in [9.17, 15) is 4.79 Å². The van der Waals surface area contributed by atoms with Crippen LogP contribution in [0.2, 0.25) is 0 Å². The average Bonchev–Trinajstić information content (AvgIpc) is 3.36. The molecule has 3 aromatic heterocycles. The van der Waals surface area contributed by atoms with Gasteiger partial charge in [0.2, 0.25) is 0 Å². The van der Waals surface area contributed by atoms with E-state index in [4.69, 9.17) is 4.98 Å². The maximum Gasteiger partial charge on any atom is 0.263 e. The van der Waals surface area contributed by atoms with Crippen molar-refractivity contribution in [1.82, 2.24) is 9.55 Å². The van der Waals surface area contributed by atoms with E-state index < -0.39 is 0 Å². The first kappa shape index (κ1) is 15.7. The molecule has 1 aliphatic rings. The van der Waals surface area contributed by atoms with Crippen LogP contribution in [0.5, 0.6) is 0 Å². The molecule has 4 aromatic rings. The highest BCUT2D eigenvalue weighted by atomic mass is 32.1. The van der Waals surface area contributed by atoms with E-state index in [2.05, 4.69) is 30.5 Å². The molecule has 0 unspecified atom stereocenters. The van der Waals surface area contributed by atoms with Crippen LogP contribution in [-0.2, 0) is 6.54 Å². The summed E-state index contributed by atoms with van der Waals surface area (Å²) in [6.07, 6.45) is 3.04. The number of hydrogen-bond acceptors (Lipinski definition) is 4. The molecule has 5 heteroatoms. The smallest absolute Gasteiger partial charge is 0.263 e. The number of rotatable bonds is 2. The number of aromatic nitrogens is 2. The maximum atomic E-state index is 13.2. The fourth-order valence-electron chi connectivity index (χ4n) is 3.49. The Morgan fingerprint density at radius 3 is 2.77 bits per heavy atom. The zero-order valence-electron chi connectivity index (χ0n) is 14.2. The zero-order chi connectivity index (χ0) is 17.7. The number of nitrogens with zero attached hydrogens (tertiary/aromatic N) is 2. The van der Waals surface area contributed by atoms with Gasteiger partial charge in [0.25, 0.3) is 5.56 Å². The van der Waals surface area contributed by atoms with Crippen LogP contribution in [0.3, 0.4) is 0 Å². The molecule has 0 spiro atoms. The lowest BCUT2D eigenvalue weighted by atomic mass is 10.1. The summed E-state index contributed by atoms with van der Waals surface area (Å²) in [5.41, 5.74) is 3.29. The quantitative estimate of drug-likeness (QED) is 0.467. The molecule has 3 nitrogen and oxygen atoms in total. The van der Waals surface area contributed by atoms with Crippen molar-refractivity contribution in [3.63, 3.8) is 0 Å². The van der Waals surface area contributed by atoms with E-state index in [1.807, 2.05) is 34.9 Å². The van der Waals surface area contributed by atoms with E-state index in [1.165, 1.54) is 9.75 Å². The van der Waals surface area contributed by atoms with Crippen LogP contribution in [0.25, 0.3) is 33.0 Å². The summed E-state index contributed by atoms with van der Waals surface area (Å²) in [5.74, 6) is 0.829. The molecule has 0 saturated heterocycles. The van der Waals surface area contributed by atoms with Gasteiger partial charge in [-0.15, -0.1) is 22.7 Å². The second-order valence-electron chi connectivity index (χ2n) is 6.46. The second-order valence-corrected chi connectivity index (χ2v) is 8.63. The predicted molar refractivity (Wildman–Crippen MR) is 111 cm³/mol. The SMILES string of the molecule is Cc1ccc(/C=C2\CCn3c2nc2scc(-c4ccccc4)c2c3=O)s1. The lowest BCUT2D eigenvalue weighted by molar-refractivity contribution is 0.726. The number of thiophene rings is 2. The fourth-order valence-corrected chi connectivity index (χ4v) is 5.27. The lowest BCUT2D eigenvalue weighted by Crippen LogP contribution is -2.20. The Bertz CT molecular complexity index is 1210. The molecule has 128 valence electrons. The van der Waals surface area contributed by atoms with Crippen LogP contribution in [0.1, 0.15) is 22.0 Å². The molecule has 0 radical (unpaired) electrons. The first-order valence-corrected chi connectivity index (χ1v) is 10.2. The molecule has 0 amide bonds. The summed E-state index contributed by atoms with van der Waals surface area (Å²) < 4.78 is 1.84. The molecule has 1 aromatic carbocycles. The Morgan fingerprint density at radius 1 is 1.15 bits per heavy atom. The minimum absolute atomic E-state index is 0.0795. The second kappa shape index (κ2) is 6.04. The summed E-state index contributed by atoms with van der Waals surface area (Å²) in [5, 5.41) is 2.80. The third kappa shape index (κ3) is 2.47. The number of fused-ring (bicyclic) bond motifs is 2. The number of hydrogen-bond donors (Lipinski definition) is 0. The van der Waals surface area contributed by atoms with E-state index in [-0.39, 0.29) is 5.56 Å². The van der Waals surface area contributed by atoms with Crippen molar-refractivity contribution in [3.8, 4) is 11.1 Å². The molecule has 0 aliphatic carbocycles. The molecule has 0 N–H and O–H groups in total. The van der Waals surface area contributed by atoms with Gasteiger partial charge in [0.15, 0.2) is 0 Å². The molecule has 0 atom stereocenters. The highest BCUT2D eigenvalue weighted by molar-refractivity contribution is 7.17. The Balaban J connectivity index is 1.69. The van der Waals surface area contributed by atoms with Crippen LogP contribution in [0, 0.1) is 6.92 Å². The average molecular weight is 377 g/mol. The van der Waals surface area contributed by atoms with Gasteiger partial charge in [0, 0.05) is 27.2 Å². The van der Waals surface area contributed by atoms with Gasteiger partial charge in [0.1, 0.15) is 10.7 Å². The Morgan fingerprint density at radius 2 is 2.00 bits per heavy atom. The predicted octanol–water partition coefficient (Wildman–Crippen LogP) is 5.44. The van der Waals surface area contributed by atoms with E-state index in [0.29, 0.717) is 6.54 Å². The van der Waals surface area contributed by atoms with Crippen LogP contribution >= 0.6 is 22.7 Å². The van der Waals surface area contributed by atoms with Gasteiger partial charge in [-0.2, -0.15) is 0 Å². The third-order valence-corrected chi connectivity index (χ3v) is 6.57. The van der Waals surface area contributed by atoms with Crippen molar-refractivity contribution in [1.29, 1.82) is 0 Å². The largest absolute Gasteiger partial charge is 0.292 e. The summed E-state index contributed by atoms with van der Waals surface area (Å²) in [6.45, 7) is 2.82. The molecular formula is C21H16N2OS2. The highest BCUT2D eigenvalue weighted by Crippen LogP contribution is 2.34. The number of benzene rings is 1. The Hall–Kier alpha value is -2.50.